The van der Waals surface area contributed by atoms with Crippen LogP contribution in [-0.4, -0.2) is 51.2 Å². The van der Waals surface area contributed by atoms with E-state index >= 15 is 0 Å². The van der Waals surface area contributed by atoms with Crippen molar-refractivity contribution in [1.29, 1.82) is 0 Å². The number of piperidine rings is 1. The third-order valence-electron chi connectivity index (χ3n) is 4.21. The van der Waals surface area contributed by atoms with Crippen LogP contribution < -0.4 is 5.32 Å². The van der Waals surface area contributed by atoms with Gasteiger partial charge in [-0.1, -0.05) is 6.92 Å². The Balaban J connectivity index is 1.83. The molecule has 23 heavy (non-hydrogen) atoms. The van der Waals surface area contributed by atoms with Crippen molar-refractivity contribution in [3.63, 3.8) is 0 Å². The standard InChI is InChI=1S/C17H23N5O/c1-2-11-21(14-4-8-18-9-5-14)17(23)16-13-15(6-10-19-16)22-12-3-7-20-22/h3,6-7,10,12-14,18H,2,4-5,8-9,11H2,1H3. The van der Waals surface area contributed by atoms with Crippen LogP contribution in [0.15, 0.2) is 36.8 Å². The van der Waals surface area contributed by atoms with E-state index in [9.17, 15) is 4.79 Å². The molecule has 1 aliphatic rings. The Bertz CT molecular complexity index is 634. The summed E-state index contributed by atoms with van der Waals surface area (Å²) >= 11 is 0. The number of nitrogens with zero attached hydrogens (tertiary/aromatic N) is 4. The van der Waals surface area contributed by atoms with E-state index in [1.165, 1.54) is 0 Å². The fraction of sp³-hybridized carbons (Fsp3) is 0.471. The Kier molecular flexibility index (Phi) is 5.02. The maximum absolute atomic E-state index is 13.0. The van der Waals surface area contributed by atoms with Gasteiger partial charge in [-0.25, -0.2) is 4.68 Å². The summed E-state index contributed by atoms with van der Waals surface area (Å²) < 4.78 is 1.74. The minimum Gasteiger partial charge on any atom is -0.334 e. The van der Waals surface area contributed by atoms with E-state index in [1.807, 2.05) is 29.3 Å². The second kappa shape index (κ2) is 7.37. The molecule has 1 amide bonds. The molecule has 0 bridgehead atoms. The van der Waals surface area contributed by atoms with Crippen molar-refractivity contribution in [1.82, 2.24) is 25.0 Å². The first kappa shape index (κ1) is 15.7. The van der Waals surface area contributed by atoms with Gasteiger partial charge in [-0.2, -0.15) is 5.10 Å². The number of pyridine rings is 1. The van der Waals surface area contributed by atoms with Gasteiger partial charge in [0.1, 0.15) is 5.69 Å². The zero-order valence-corrected chi connectivity index (χ0v) is 13.5. The molecule has 1 saturated heterocycles. The van der Waals surface area contributed by atoms with Crippen LogP contribution in [0.3, 0.4) is 0 Å². The first-order valence-corrected chi connectivity index (χ1v) is 8.27. The zero-order valence-electron chi connectivity index (χ0n) is 13.5. The summed E-state index contributed by atoms with van der Waals surface area (Å²) in [5.74, 6) is 0.0211. The van der Waals surface area contributed by atoms with Gasteiger partial charge in [0, 0.05) is 31.2 Å². The predicted molar refractivity (Wildman–Crippen MR) is 88.6 cm³/mol. The maximum Gasteiger partial charge on any atom is 0.272 e. The molecule has 1 fully saturated rings. The second-order valence-corrected chi connectivity index (χ2v) is 5.83. The lowest BCUT2D eigenvalue weighted by molar-refractivity contribution is 0.0636. The van der Waals surface area contributed by atoms with Crippen molar-refractivity contribution < 1.29 is 4.79 Å². The largest absolute Gasteiger partial charge is 0.334 e. The summed E-state index contributed by atoms with van der Waals surface area (Å²) in [5, 5.41) is 7.57. The summed E-state index contributed by atoms with van der Waals surface area (Å²) in [4.78, 5) is 19.3. The second-order valence-electron chi connectivity index (χ2n) is 5.83. The average Bonchev–Trinajstić information content (AvgIpc) is 3.15. The molecule has 2 aromatic heterocycles. The van der Waals surface area contributed by atoms with E-state index in [0.717, 1.165) is 44.6 Å². The molecule has 0 atom stereocenters. The van der Waals surface area contributed by atoms with Crippen LogP contribution in [-0.2, 0) is 0 Å². The molecule has 0 unspecified atom stereocenters. The van der Waals surface area contributed by atoms with Gasteiger partial charge in [-0.3, -0.25) is 9.78 Å². The molecule has 0 aromatic carbocycles. The number of hydrogen-bond donors (Lipinski definition) is 1. The molecule has 0 radical (unpaired) electrons. The Morgan fingerprint density at radius 3 is 2.91 bits per heavy atom. The van der Waals surface area contributed by atoms with Crippen LogP contribution in [0.1, 0.15) is 36.7 Å². The number of carbonyl (C=O) groups is 1. The van der Waals surface area contributed by atoms with Crippen LogP contribution in [0.4, 0.5) is 0 Å². The summed E-state index contributed by atoms with van der Waals surface area (Å²) in [6.45, 7) is 4.82. The van der Waals surface area contributed by atoms with Crippen molar-refractivity contribution in [2.45, 2.75) is 32.2 Å². The minimum atomic E-state index is 0.0211. The van der Waals surface area contributed by atoms with E-state index in [-0.39, 0.29) is 5.91 Å². The molecule has 6 nitrogen and oxygen atoms in total. The molecule has 1 N–H and O–H groups in total. The van der Waals surface area contributed by atoms with E-state index in [4.69, 9.17) is 0 Å². The van der Waals surface area contributed by atoms with Gasteiger partial charge >= 0.3 is 0 Å². The van der Waals surface area contributed by atoms with E-state index < -0.39 is 0 Å². The monoisotopic (exact) mass is 313 g/mol. The molecule has 0 saturated carbocycles. The summed E-state index contributed by atoms with van der Waals surface area (Å²) in [7, 11) is 0. The highest BCUT2D eigenvalue weighted by atomic mass is 16.2. The first-order valence-electron chi connectivity index (χ1n) is 8.27. The summed E-state index contributed by atoms with van der Waals surface area (Å²) in [6, 6.07) is 5.84. The number of rotatable bonds is 5. The Morgan fingerprint density at radius 2 is 2.22 bits per heavy atom. The van der Waals surface area contributed by atoms with Crippen molar-refractivity contribution in [3.8, 4) is 5.69 Å². The molecule has 3 heterocycles. The molecular formula is C17H23N5O. The van der Waals surface area contributed by atoms with Crippen molar-refractivity contribution in [2.75, 3.05) is 19.6 Å². The van der Waals surface area contributed by atoms with Crippen molar-refractivity contribution >= 4 is 5.91 Å². The fourth-order valence-electron chi connectivity index (χ4n) is 3.06. The quantitative estimate of drug-likeness (QED) is 0.915. The molecule has 3 rings (SSSR count). The fourth-order valence-corrected chi connectivity index (χ4v) is 3.06. The average molecular weight is 313 g/mol. The third-order valence-corrected chi connectivity index (χ3v) is 4.21. The lowest BCUT2D eigenvalue weighted by atomic mass is 10.0. The highest BCUT2D eigenvalue weighted by Crippen LogP contribution is 2.17. The van der Waals surface area contributed by atoms with Gasteiger partial charge in [-0.05, 0) is 50.6 Å². The van der Waals surface area contributed by atoms with Crippen LogP contribution >= 0.6 is 0 Å². The van der Waals surface area contributed by atoms with Gasteiger partial charge < -0.3 is 10.2 Å². The molecule has 0 aliphatic carbocycles. The lowest BCUT2D eigenvalue weighted by Gasteiger charge is -2.34. The zero-order chi connectivity index (χ0) is 16.1. The topological polar surface area (TPSA) is 63.1 Å². The smallest absolute Gasteiger partial charge is 0.272 e. The van der Waals surface area contributed by atoms with Gasteiger partial charge in [0.25, 0.3) is 5.91 Å². The normalized spacial score (nSPS) is 15.5. The lowest BCUT2D eigenvalue weighted by Crippen LogP contribution is -2.46. The van der Waals surface area contributed by atoms with Crippen molar-refractivity contribution in [3.05, 3.63) is 42.5 Å². The molecular weight excluding hydrogens is 290 g/mol. The molecule has 2 aromatic rings. The van der Waals surface area contributed by atoms with Gasteiger partial charge in [-0.15, -0.1) is 0 Å². The Morgan fingerprint density at radius 1 is 1.39 bits per heavy atom. The molecule has 1 aliphatic heterocycles. The maximum atomic E-state index is 13.0. The predicted octanol–water partition coefficient (Wildman–Crippen LogP) is 1.87. The number of nitrogens with one attached hydrogen (secondary N) is 1. The highest BCUT2D eigenvalue weighted by molar-refractivity contribution is 5.93. The van der Waals surface area contributed by atoms with E-state index in [2.05, 4.69) is 22.3 Å². The number of carbonyl (C=O) groups excluding carboxylic acids is 1. The number of amides is 1. The SMILES string of the molecule is CCCN(C(=O)c1cc(-n2cccn2)ccn1)C1CCNCC1. The van der Waals surface area contributed by atoms with Gasteiger partial charge in [0.05, 0.1) is 5.69 Å². The third kappa shape index (κ3) is 3.59. The van der Waals surface area contributed by atoms with E-state index in [1.54, 1.807) is 17.1 Å². The number of aromatic nitrogens is 3. The number of hydrogen-bond acceptors (Lipinski definition) is 4. The first-order chi connectivity index (χ1) is 11.3. The van der Waals surface area contributed by atoms with Gasteiger partial charge in [0.2, 0.25) is 0 Å². The molecule has 0 spiro atoms. The summed E-state index contributed by atoms with van der Waals surface area (Å²) in [6.07, 6.45) is 8.22. The summed E-state index contributed by atoms with van der Waals surface area (Å²) in [5.41, 5.74) is 1.35. The molecule has 6 heteroatoms. The van der Waals surface area contributed by atoms with Crippen LogP contribution in [0.25, 0.3) is 5.69 Å². The van der Waals surface area contributed by atoms with Gasteiger partial charge in [0.15, 0.2) is 0 Å². The van der Waals surface area contributed by atoms with Crippen LogP contribution in [0, 0.1) is 0 Å². The molecule has 122 valence electrons. The van der Waals surface area contributed by atoms with Crippen molar-refractivity contribution in [2.24, 2.45) is 0 Å². The minimum absolute atomic E-state index is 0.0211. The highest BCUT2D eigenvalue weighted by Gasteiger charge is 2.26. The van der Waals surface area contributed by atoms with E-state index in [0.29, 0.717) is 11.7 Å². The van der Waals surface area contributed by atoms with Crippen LogP contribution in [0.5, 0.6) is 0 Å². The van der Waals surface area contributed by atoms with Crippen LogP contribution in [0.2, 0.25) is 0 Å². The Hall–Kier alpha value is -2.21. The Labute approximate surface area is 136 Å².